The first-order chi connectivity index (χ1) is 8.16. The first-order valence-electron chi connectivity index (χ1n) is 6.42. The summed E-state index contributed by atoms with van der Waals surface area (Å²) in [4.78, 5) is 2.10. The van der Waals surface area contributed by atoms with Crippen LogP contribution in [0.2, 0.25) is 0 Å². The molecule has 0 atom stereocenters. The normalized spacial score (nSPS) is 21.9. The summed E-state index contributed by atoms with van der Waals surface area (Å²) in [6.07, 6.45) is 4.59. The van der Waals surface area contributed by atoms with E-state index in [2.05, 4.69) is 4.90 Å². The van der Waals surface area contributed by atoms with Gasteiger partial charge < -0.3 is 10.0 Å². The molecule has 17 heavy (non-hydrogen) atoms. The molecule has 1 N–H and O–H groups in total. The van der Waals surface area contributed by atoms with Crippen molar-refractivity contribution < 1.29 is 9.50 Å². The summed E-state index contributed by atoms with van der Waals surface area (Å²) in [5.41, 5.74) is 1.08. The molecule has 1 saturated carbocycles. The first-order valence-corrected chi connectivity index (χ1v) is 6.42. The summed E-state index contributed by atoms with van der Waals surface area (Å²) in [5, 5.41) is 9.82. The summed E-state index contributed by atoms with van der Waals surface area (Å²) in [7, 11) is 0. The van der Waals surface area contributed by atoms with Gasteiger partial charge >= 0.3 is 0 Å². The van der Waals surface area contributed by atoms with Gasteiger partial charge in [0.1, 0.15) is 5.82 Å². The van der Waals surface area contributed by atoms with E-state index in [-0.39, 0.29) is 5.82 Å². The molecule has 1 heterocycles. The maximum Gasteiger partial charge on any atom is 0.146 e. The topological polar surface area (TPSA) is 23.5 Å². The van der Waals surface area contributed by atoms with Gasteiger partial charge in [0.05, 0.1) is 11.3 Å². The van der Waals surface area contributed by atoms with Crippen molar-refractivity contribution in [1.29, 1.82) is 0 Å². The number of anilines is 1. The molecule has 0 spiro atoms. The molecule has 0 bridgehead atoms. The SMILES string of the molecule is OC1(Cc2ccc(N3CCCC3)c(F)c2)CC1. The third kappa shape index (κ3) is 2.29. The Morgan fingerprint density at radius 1 is 1.24 bits per heavy atom. The minimum atomic E-state index is -0.540. The van der Waals surface area contributed by atoms with Crippen LogP contribution in [0.3, 0.4) is 0 Å². The Balaban J connectivity index is 1.78. The molecule has 1 aromatic carbocycles. The van der Waals surface area contributed by atoms with Crippen LogP contribution < -0.4 is 4.90 Å². The maximum absolute atomic E-state index is 14.0. The Bertz CT molecular complexity index is 422. The van der Waals surface area contributed by atoms with Crippen LogP contribution in [0.5, 0.6) is 0 Å². The van der Waals surface area contributed by atoms with Crippen LogP contribution in [0.1, 0.15) is 31.2 Å². The minimum Gasteiger partial charge on any atom is -0.390 e. The number of hydrogen-bond donors (Lipinski definition) is 1. The van der Waals surface area contributed by atoms with Crippen molar-refractivity contribution in [2.75, 3.05) is 18.0 Å². The Morgan fingerprint density at radius 2 is 1.94 bits per heavy atom. The van der Waals surface area contributed by atoms with E-state index in [1.54, 1.807) is 6.07 Å². The molecule has 1 aliphatic carbocycles. The predicted molar refractivity (Wildman–Crippen MR) is 65.7 cm³/mol. The lowest BCUT2D eigenvalue weighted by Gasteiger charge is -2.19. The van der Waals surface area contributed by atoms with E-state index < -0.39 is 5.60 Å². The van der Waals surface area contributed by atoms with Crippen LogP contribution in [0, 0.1) is 5.82 Å². The van der Waals surface area contributed by atoms with E-state index in [1.807, 2.05) is 12.1 Å². The fourth-order valence-corrected chi connectivity index (χ4v) is 2.58. The van der Waals surface area contributed by atoms with Gasteiger partial charge in [0.2, 0.25) is 0 Å². The number of aliphatic hydroxyl groups is 1. The van der Waals surface area contributed by atoms with Crippen molar-refractivity contribution in [3.8, 4) is 0 Å². The van der Waals surface area contributed by atoms with Gasteiger partial charge in [-0.3, -0.25) is 0 Å². The van der Waals surface area contributed by atoms with Crippen LogP contribution in [0.4, 0.5) is 10.1 Å². The first kappa shape index (κ1) is 11.0. The van der Waals surface area contributed by atoms with Crippen LogP contribution in [-0.4, -0.2) is 23.8 Å². The summed E-state index contributed by atoms with van der Waals surface area (Å²) in [5.74, 6) is -0.145. The molecule has 2 aliphatic rings. The summed E-state index contributed by atoms with van der Waals surface area (Å²) in [6, 6.07) is 5.40. The van der Waals surface area contributed by atoms with Crippen LogP contribution >= 0.6 is 0 Å². The predicted octanol–water partition coefficient (Wildman–Crippen LogP) is 2.49. The third-order valence-corrected chi connectivity index (χ3v) is 3.82. The average molecular weight is 235 g/mol. The average Bonchev–Trinajstić information content (AvgIpc) is 2.81. The Kier molecular flexibility index (Phi) is 2.58. The molecule has 0 aromatic heterocycles. The third-order valence-electron chi connectivity index (χ3n) is 3.82. The molecule has 1 aromatic rings. The number of nitrogens with zero attached hydrogens (tertiary/aromatic N) is 1. The van der Waals surface area contributed by atoms with Crippen LogP contribution in [0.25, 0.3) is 0 Å². The molecule has 1 saturated heterocycles. The summed E-state index contributed by atoms with van der Waals surface area (Å²) >= 11 is 0. The minimum absolute atomic E-state index is 0.145. The Hall–Kier alpha value is -1.09. The van der Waals surface area contributed by atoms with Gasteiger partial charge in [-0.1, -0.05) is 6.07 Å². The second kappa shape index (κ2) is 3.98. The molecule has 0 unspecified atom stereocenters. The van der Waals surface area contributed by atoms with E-state index in [4.69, 9.17) is 0 Å². The van der Waals surface area contributed by atoms with Crippen LogP contribution in [-0.2, 0) is 6.42 Å². The lowest BCUT2D eigenvalue weighted by molar-refractivity contribution is 0.151. The van der Waals surface area contributed by atoms with E-state index in [0.29, 0.717) is 12.1 Å². The van der Waals surface area contributed by atoms with Crippen molar-refractivity contribution in [3.05, 3.63) is 29.6 Å². The number of rotatable bonds is 3. The van der Waals surface area contributed by atoms with Crippen molar-refractivity contribution in [2.45, 2.75) is 37.7 Å². The van der Waals surface area contributed by atoms with Gasteiger partial charge in [-0.05, 0) is 43.4 Å². The quantitative estimate of drug-likeness (QED) is 0.870. The van der Waals surface area contributed by atoms with Gasteiger partial charge in [0, 0.05) is 19.5 Å². The van der Waals surface area contributed by atoms with Crippen molar-refractivity contribution in [1.82, 2.24) is 0 Å². The molecule has 1 aliphatic heterocycles. The zero-order valence-corrected chi connectivity index (χ0v) is 9.95. The molecule has 3 heteroatoms. The molecule has 0 radical (unpaired) electrons. The zero-order valence-electron chi connectivity index (χ0n) is 9.95. The van der Waals surface area contributed by atoms with Crippen molar-refractivity contribution in [2.24, 2.45) is 0 Å². The van der Waals surface area contributed by atoms with Crippen molar-refractivity contribution >= 4 is 5.69 Å². The van der Waals surface area contributed by atoms with E-state index in [9.17, 15) is 9.50 Å². The fourth-order valence-electron chi connectivity index (χ4n) is 2.58. The van der Waals surface area contributed by atoms with E-state index >= 15 is 0 Å². The number of benzene rings is 1. The van der Waals surface area contributed by atoms with Gasteiger partial charge in [-0.15, -0.1) is 0 Å². The highest BCUT2D eigenvalue weighted by Gasteiger charge is 2.40. The molecule has 3 rings (SSSR count). The second-order valence-corrected chi connectivity index (χ2v) is 5.38. The molecule has 2 fully saturated rings. The number of halogens is 1. The smallest absolute Gasteiger partial charge is 0.146 e. The molecule has 92 valence electrons. The van der Waals surface area contributed by atoms with E-state index in [0.717, 1.165) is 44.3 Å². The lowest BCUT2D eigenvalue weighted by Crippen LogP contribution is -2.19. The lowest BCUT2D eigenvalue weighted by atomic mass is 10.1. The zero-order chi connectivity index (χ0) is 11.9. The van der Waals surface area contributed by atoms with Crippen molar-refractivity contribution in [3.63, 3.8) is 0 Å². The monoisotopic (exact) mass is 235 g/mol. The maximum atomic E-state index is 14.0. The second-order valence-electron chi connectivity index (χ2n) is 5.38. The largest absolute Gasteiger partial charge is 0.390 e. The summed E-state index contributed by atoms with van der Waals surface area (Å²) < 4.78 is 14.0. The molecular weight excluding hydrogens is 217 g/mol. The fraction of sp³-hybridized carbons (Fsp3) is 0.571. The van der Waals surface area contributed by atoms with Crippen LogP contribution in [0.15, 0.2) is 18.2 Å². The highest BCUT2D eigenvalue weighted by atomic mass is 19.1. The Morgan fingerprint density at radius 3 is 2.53 bits per heavy atom. The summed E-state index contributed by atoms with van der Waals surface area (Å²) in [6.45, 7) is 1.92. The van der Waals surface area contributed by atoms with Gasteiger partial charge in [-0.25, -0.2) is 4.39 Å². The van der Waals surface area contributed by atoms with E-state index in [1.165, 1.54) is 0 Å². The molecular formula is C14H18FNO. The molecule has 0 amide bonds. The molecule has 2 nitrogen and oxygen atoms in total. The highest BCUT2D eigenvalue weighted by Crippen LogP contribution is 2.38. The van der Waals surface area contributed by atoms with Gasteiger partial charge in [-0.2, -0.15) is 0 Å². The Labute approximate surface area is 101 Å². The number of hydrogen-bond acceptors (Lipinski definition) is 2. The van der Waals surface area contributed by atoms with Gasteiger partial charge in [0.25, 0.3) is 0 Å². The standard InChI is InChI=1S/C14H18FNO/c15-12-9-11(10-14(17)5-6-14)3-4-13(12)16-7-1-2-8-16/h3-4,9,17H,1-2,5-8,10H2. The van der Waals surface area contributed by atoms with Gasteiger partial charge in [0.15, 0.2) is 0 Å². The highest BCUT2D eigenvalue weighted by molar-refractivity contribution is 5.50.